The van der Waals surface area contributed by atoms with E-state index in [1.165, 1.54) is 10.6 Å². The summed E-state index contributed by atoms with van der Waals surface area (Å²) in [5.74, 6) is -0.427. The van der Waals surface area contributed by atoms with Crippen molar-refractivity contribution in [1.82, 2.24) is 21.1 Å². The van der Waals surface area contributed by atoms with Crippen LogP contribution >= 0.6 is 12.2 Å². The largest absolute Gasteiger partial charge is 0.385 e. The molecule has 0 spiro atoms. The fourth-order valence-electron chi connectivity index (χ4n) is 2.34. The van der Waals surface area contributed by atoms with Gasteiger partial charge in [0, 0.05) is 45.8 Å². The highest BCUT2D eigenvalue weighted by Crippen LogP contribution is 2.22. The van der Waals surface area contributed by atoms with Crippen LogP contribution in [0.25, 0.3) is 0 Å². The molecule has 1 rings (SSSR count). The van der Waals surface area contributed by atoms with Crippen molar-refractivity contribution in [3.63, 3.8) is 0 Å². The van der Waals surface area contributed by atoms with E-state index in [1.54, 1.807) is 26.3 Å². The van der Waals surface area contributed by atoms with Crippen LogP contribution in [0.2, 0.25) is 0 Å². The molecule has 1 aromatic carbocycles. The maximum absolute atomic E-state index is 12.2. The van der Waals surface area contributed by atoms with Gasteiger partial charge in [-0.1, -0.05) is 32.9 Å². The van der Waals surface area contributed by atoms with Gasteiger partial charge in [0.05, 0.1) is 0 Å². The van der Waals surface area contributed by atoms with Gasteiger partial charge in [-0.05, 0) is 41.7 Å². The second kappa shape index (κ2) is 11.6. The molecule has 1 aromatic rings. The number of amides is 2. The van der Waals surface area contributed by atoms with Gasteiger partial charge in [0.1, 0.15) is 0 Å². The zero-order valence-corrected chi connectivity index (χ0v) is 18.2. The van der Waals surface area contributed by atoms with E-state index in [0.29, 0.717) is 23.8 Å². The number of hydrazine groups is 1. The van der Waals surface area contributed by atoms with Crippen LogP contribution in [-0.2, 0) is 14.9 Å². The van der Waals surface area contributed by atoms with E-state index < -0.39 is 0 Å². The van der Waals surface area contributed by atoms with E-state index in [2.05, 4.69) is 36.8 Å². The number of hydrogen-bond donors (Lipinski definition) is 3. The second-order valence-corrected chi connectivity index (χ2v) is 7.89. The summed E-state index contributed by atoms with van der Waals surface area (Å²) in [5.41, 5.74) is 4.45. The number of ether oxygens (including phenoxy) is 1. The maximum atomic E-state index is 12.2. The first-order valence-corrected chi connectivity index (χ1v) is 9.74. The van der Waals surface area contributed by atoms with Crippen molar-refractivity contribution in [2.45, 2.75) is 39.0 Å². The Balaban J connectivity index is 2.33. The Morgan fingerprint density at radius 1 is 1.11 bits per heavy atom. The number of thiocarbonyl (C=S) groups is 1. The fourth-order valence-corrected chi connectivity index (χ4v) is 2.49. The number of rotatable bonds is 8. The third-order valence-corrected chi connectivity index (χ3v) is 4.47. The van der Waals surface area contributed by atoms with Crippen LogP contribution in [0, 0.1) is 0 Å². The lowest BCUT2D eigenvalue weighted by molar-refractivity contribution is -0.123. The summed E-state index contributed by atoms with van der Waals surface area (Å²) in [5, 5.41) is 7.66. The molecule has 156 valence electrons. The number of benzene rings is 1. The lowest BCUT2D eigenvalue weighted by Gasteiger charge is -2.21. The highest BCUT2D eigenvalue weighted by molar-refractivity contribution is 7.80. The highest BCUT2D eigenvalue weighted by Gasteiger charge is 2.14. The van der Waals surface area contributed by atoms with Crippen molar-refractivity contribution >= 4 is 29.1 Å². The molecule has 3 N–H and O–H groups in total. The molecule has 0 heterocycles. The Labute approximate surface area is 173 Å². The van der Waals surface area contributed by atoms with E-state index >= 15 is 0 Å². The minimum atomic E-state index is -0.230. The van der Waals surface area contributed by atoms with Crippen molar-refractivity contribution in [2.75, 3.05) is 33.9 Å². The van der Waals surface area contributed by atoms with Crippen molar-refractivity contribution in [3.8, 4) is 0 Å². The highest BCUT2D eigenvalue weighted by atomic mass is 32.1. The van der Waals surface area contributed by atoms with Gasteiger partial charge in [-0.25, -0.2) is 0 Å². The van der Waals surface area contributed by atoms with Gasteiger partial charge in [0.15, 0.2) is 5.11 Å². The minimum Gasteiger partial charge on any atom is -0.385 e. The number of nitrogens with one attached hydrogen (secondary N) is 3. The molecule has 0 fully saturated rings. The molecule has 0 aromatic heterocycles. The lowest BCUT2D eigenvalue weighted by atomic mass is 9.87. The van der Waals surface area contributed by atoms with Gasteiger partial charge < -0.3 is 15.4 Å². The van der Waals surface area contributed by atoms with Gasteiger partial charge in [-0.3, -0.25) is 20.0 Å². The molecular formula is C20H32N4O3S. The van der Waals surface area contributed by atoms with E-state index in [4.69, 9.17) is 17.0 Å². The number of methoxy groups -OCH3 is 1. The molecule has 0 saturated heterocycles. The summed E-state index contributed by atoms with van der Waals surface area (Å²) >= 11 is 5.19. The maximum Gasteiger partial charge on any atom is 0.251 e. The normalized spacial score (nSPS) is 10.9. The molecule has 8 heteroatoms. The van der Waals surface area contributed by atoms with Crippen LogP contribution in [0.1, 0.15) is 49.5 Å². The van der Waals surface area contributed by atoms with Crippen LogP contribution < -0.4 is 16.1 Å². The minimum absolute atomic E-state index is 0.0400. The first kappa shape index (κ1) is 23.8. The quantitative estimate of drug-likeness (QED) is 0.347. The molecular weight excluding hydrogens is 376 g/mol. The SMILES string of the molecule is COCCCNC(=S)N(C)NC(=O)CCNC(=O)c1ccc(C(C)(C)C)cc1. The van der Waals surface area contributed by atoms with Crippen molar-refractivity contribution < 1.29 is 14.3 Å². The van der Waals surface area contributed by atoms with Crippen molar-refractivity contribution in [1.29, 1.82) is 0 Å². The third kappa shape index (κ3) is 8.67. The van der Waals surface area contributed by atoms with Crippen LogP contribution in [0.4, 0.5) is 0 Å². The molecule has 7 nitrogen and oxygen atoms in total. The Kier molecular flexibility index (Phi) is 9.89. The average Bonchev–Trinajstić information content (AvgIpc) is 2.64. The van der Waals surface area contributed by atoms with E-state index in [-0.39, 0.29) is 30.2 Å². The summed E-state index contributed by atoms with van der Waals surface area (Å²) in [6, 6.07) is 7.52. The summed E-state index contributed by atoms with van der Waals surface area (Å²) < 4.78 is 4.96. The van der Waals surface area contributed by atoms with Crippen LogP contribution in [-0.4, -0.2) is 55.8 Å². The summed E-state index contributed by atoms with van der Waals surface area (Å²) in [6.07, 6.45) is 0.976. The topological polar surface area (TPSA) is 82.7 Å². The van der Waals surface area contributed by atoms with Gasteiger partial charge >= 0.3 is 0 Å². The average molecular weight is 409 g/mol. The van der Waals surface area contributed by atoms with Crippen LogP contribution in [0.3, 0.4) is 0 Å². The molecule has 0 aliphatic heterocycles. The number of nitrogens with zero attached hydrogens (tertiary/aromatic N) is 1. The monoisotopic (exact) mass is 408 g/mol. The van der Waals surface area contributed by atoms with Crippen LogP contribution in [0.15, 0.2) is 24.3 Å². The van der Waals surface area contributed by atoms with Crippen LogP contribution in [0.5, 0.6) is 0 Å². The van der Waals surface area contributed by atoms with E-state index in [9.17, 15) is 9.59 Å². The van der Waals surface area contributed by atoms with Crippen molar-refractivity contribution in [3.05, 3.63) is 35.4 Å². The number of hydrogen-bond acceptors (Lipinski definition) is 4. The summed E-state index contributed by atoms with van der Waals surface area (Å²) in [7, 11) is 3.31. The van der Waals surface area contributed by atoms with Gasteiger partial charge in [0.25, 0.3) is 5.91 Å². The lowest BCUT2D eigenvalue weighted by Crippen LogP contribution is -2.48. The van der Waals surface area contributed by atoms with E-state index in [1.807, 2.05) is 12.1 Å². The number of carbonyl (C=O) groups is 2. The molecule has 0 bridgehead atoms. The fraction of sp³-hybridized carbons (Fsp3) is 0.550. The number of carbonyl (C=O) groups excluding carboxylic acids is 2. The Morgan fingerprint density at radius 2 is 1.75 bits per heavy atom. The summed E-state index contributed by atoms with van der Waals surface area (Å²) in [4.78, 5) is 24.2. The standard InChI is InChI=1S/C20H32N4O3S/c1-20(2,3)16-9-7-15(8-10-16)18(26)21-13-11-17(25)23-24(4)19(28)22-12-6-14-27-5/h7-10H,6,11-14H2,1-5H3,(H,21,26)(H,22,28)(H,23,25). The predicted octanol–water partition coefficient (Wildman–Crippen LogP) is 1.98. The Hall–Kier alpha value is -2.19. The van der Waals surface area contributed by atoms with Gasteiger partial charge in [-0.2, -0.15) is 0 Å². The molecule has 28 heavy (non-hydrogen) atoms. The smallest absolute Gasteiger partial charge is 0.251 e. The van der Waals surface area contributed by atoms with E-state index in [0.717, 1.165) is 6.42 Å². The molecule has 0 aliphatic carbocycles. The zero-order valence-electron chi connectivity index (χ0n) is 17.4. The van der Waals surface area contributed by atoms with Gasteiger partial charge in [0.2, 0.25) is 5.91 Å². The predicted molar refractivity (Wildman–Crippen MR) is 115 cm³/mol. The molecule has 0 aliphatic rings. The zero-order chi connectivity index (χ0) is 21.2. The molecule has 2 amide bonds. The molecule has 0 unspecified atom stereocenters. The van der Waals surface area contributed by atoms with Crippen molar-refractivity contribution in [2.24, 2.45) is 0 Å². The molecule has 0 saturated carbocycles. The molecule has 0 atom stereocenters. The first-order valence-electron chi connectivity index (χ1n) is 9.34. The summed E-state index contributed by atoms with van der Waals surface area (Å²) in [6.45, 7) is 7.92. The van der Waals surface area contributed by atoms with Gasteiger partial charge in [-0.15, -0.1) is 0 Å². The third-order valence-electron chi connectivity index (χ3n) is 4.05. The Bertz CT molecular complexity index is 656. The first-order chi connectivity index (χ1) is 13.1. The molecule has 0 radical (unpaired) electrons. The Morgan fingerprint density at radius 3 is 2.32 bits per heavy atom. The second-order valence-electron chi connectivity index (χ2n) is 7.51.